The molecule has 3 rings (SSSR count). The Morgan fingerprint density at radius 2 is 1.60 bits per heavy atom. The van der Waals surface area contributed by atoms with Gasteiger partial charge in [0.25, 0.3) is 10.0 Å². The molecular weight excluding hydrogens is 336 g/mol. The molecule has 0 saturated carbocycles. The molecular formula is C19H20N2O3S. The zero-order chi connectivity index (χ0) is 18.2. The lowest BCUT2D eigenvalue weighted by atomic mass is 10.0. The van der Waals surface area contributed by atoms with Crippen LogP contribution in [0.25, 0.3) is 11.1 Å². The maximum absolute atomic E-state index is 12.6. The summed E-state index contributed by atoms with van der Waals surface area (Å²) in [6.07, 6.45) is 0. The first-order chi connectivity index (χ1) is 11.8. The number of anilines is 1. The highest BCUT2D eigenvalue weighted by Crippen LogP contribution is 2.30. The van der Waals surface area contributed by atoms with Gasteiger partial charge in [-0.05, 0) is 63.1 Å². The van der Waals surface area contributed by atoms with Crippen LogP contribution in [0.5, 0.6) is 0 Å². The summed E-state index contributed by atoms with van der Waals surface area (Å²) in [6.45, 7) is 7.55. The summed E-state index contributed by atoms with van der Waals surface area (Å²) in [5.41, 5.74) is 5.00. The van der Waals surface area contributed by atoms with Crippen LogP contribution in [0.3, 0.4) is 0 Å². The molecule has 130 valence electrons. The molecule has 0 aliphatic carbocycles. The first kappa shape index (κ1) is 17.2. The second kappa shape index (κ2) is 6.37. The number of nitrogens with one attached hydrogen (secondary N) is 1. The van der Waals surface area contributed by atoms with Gasteiger partial charge in [-0.3, -0.25) is 4.72 Å². The molecule has 0 unspecified atom stereocenters. The van der Waals surface area contributed by atoms with Crippen molar-refractivity contribution in [2.45, 2.75) is 32.6 Å². The molecule has 1 N–H and O–H groups in total. The van der Waals surface area contributed by atoms with E-state index in [1.165, 1.54) is 0 Å². The second-order valence-corrected chi connectivity index (χ2v) is 7.89. The van der Waals surface area contributed by atoms with E-state index in [9.17, 15) is 8.42 Å². The minimum absolute atomic E-state index is 0.235. The van der Waals surface area contributed by atoms with Crippen molar-refractivity contribution in [3.63, 3.8) is 0 Å². The third-order valence-corrected chi connectivity index (χ3v) is 5.38. The van der Waals surface area contributed by atoms with Gasteiger partial charge in [-0.2, -0.15) is 0 Å². The van der Waals surface area contributed by atoms with Gasteiger partial charge >= 0.3 is 0 Å². The third-order valence-electron chi connectivity index (χ3n) is 3.98. The maximum atomic E-state index is 12.6. The van der Waals surface area contributed by atoms with Crippen LogP contribution in [0.4, 0.5) is 5.69 Å². The van der Waals surface area contributed by atoms with Crippen LogP contribution in [0.1, 0.15) is 22.6 Å². The van der Waals surface area contributed by atoms with Crippen molar-refractivity contribution in [3.8, 4) is 11.1 Å². The Morgan fingerprint density at radius 3 is 2.20 bits per heavy atom. The predicted octanol–water partition coefficient (Wildman–Crippen LogP) is 4.38. The normalized spacial score (nSPS) is 11.5. The van der Waals surface area contributed by atoms with E-state index in [-0.39, 0.29) is 4.90 Å². The SMILES string of the molecule is Cc1ccc(S(=O)(=O)Nc2cc(C)cc(-c3c(C)noc3C)c2)cc1. The smallest absolute Gasteiger partial charge is 0.261 e. The van der Waals surface area contributed by atoms with Gasteiger partial charge in [-0.1, -0.05) is 28.9 Å². The largest absolute Gasteiger partial charge is 0.361 e. The minimum atomic E-state index is -3.64. The van der Waals surface area contributed by atoms with Crippen LogP contribution in [0.2, 0.25) is 0 Å². The summed E-state index contributed by atoms with van der Waals surface area (Å²) in [7, 11) is -3.64. The fraction of sp³-hybridized carbons (Fsp3) is 0.211. The van der Waals surface area contributed by atoms with Gasteiger partial charge in [0.1, 0.15) is 5.76 Å². The van der Waals surface area contributed by atoms with Gasteiger partial charge in [-0.15, -0.1) is 0 Å². The van der Waals surface area contributed by atoms with Crippen molar-refractivity contribution in [2.24, 2.45) is 0 Å². The zero-order valence-corrected chi connectivity index (χ0v) is 15.4. The van der Waals surface area contributed by atoms with E-state index in [1.807, 2.05) is 33.8 Å². The van der Waals surface area contributed by atoms with E-state index >= 15 is 0 Å². The van der Waals surface area contributed by atoms with Crippen LogP contribution < -0.4 is 4.72 Å². The summed E-state index contributed by atoms with van der Waals surface area (Å²) in [6, 6.07) is 12.3. The van der Waals surface area contributed by atoms with Gasteiger partial charge in [0.2, 0.25) is 0 Å². The number of hydrogen-bond donors (Lipinski definition) is 1. The van der Waals surface area contributed by atoms with E-state index in [0.717, 1.165) is 27.9 Å². The molecule has 6 heteroatoms. The lowest BCUT2D eigenvalue weighted by Gasteiger charge is -2.11. The average Bonchev–Trinajstić information content (AvgIpc) is 2.85. The number of aryl methyl sites for hydroxylation is 4. The highest BCUT2D eigenvalue weighted by Gasteiger charge is 2.17. The lowest BCUT2D eigenvalue weighted by Crippen LogP contribution is -2.13. The Balaban J connectivity index is 2.00. The molecule has 0 radical (unpaired) electrons. The molecule has 0 atom stereocenters. The summed E-state index contributed by atoms with van der Waals surface area (Å²) in [5, 5.41) is 3.97. The fourth-order valence-corrected chi connectivity index (χ4v) is 3.85. The second-order valence-electron chi connectivity index (χ2n) is 6.21. The molecule has 0 spiro atoms. The quantitative estimate of drug-likeness (QED) is 0.753. The molecule has 0 saturated heterocycles. The van der Waals surface area contributed by atoms with Crippen molar-refractivity contribution < 1.29 is 12.9 Å². The summed E-state index contributed by atoms with van der Waals surface area (Å²) >= 11 is 0. The van der Waals surface area contributed by atoms with Crippen molar-refractivity contribution in [1.82, 2.24) is 5.16 Å². The molecule has 0 bridgehead atoms. The van der Waals surface area contributed by atoms with Crippen LogP contribution >= 0.6 is 0 Å². The fourth-order valence-electron chi connectivity index (χ4n) is 2.81. The molecule has 0 fully saturated rings. The van der Waals surface area contributed by atoms with E-state index in [2.05, 4.69) is 9.88 Å². The molecule has 25 heavy (non-hydrogen) atoms. The Bertz CT molecular complexity index is 1000. The van der Waals surface area contributed by atoms with Gasteiger partial charge < -0.3 is 4.52 Å². The van der Waals surface area contributed by atoms with Crippen LogP contribution in [0, 0.1) is 27.7 Å². The number of rotatable bonds is 4. The van der Waals surface area contributed by atoms with Crippen molar-refractivity contribution >= 4 is 15.7 Å². The molecule has 0 aliphatic heterocycles. The summed E-state index contributed by atoms with van der Waals surface area (Å²) in [5.74, 6) is 0.704. The van der Waals surface area contributed by atoms with E-state index in [0.29, 0.717) is 11.4 Å². The Hall–Kier alpha value is -2.60. The topological polar surface area (TPSA) is 72.2 Å². The number of nitrogens with zero attached hydrogens (tertiary/aromatic N) is 1. The summed E-state index contributed by atoms with van der Waals surface area (Å²) < 4.78 is 33.1. The van der Waals surface area contributed by atoms with Crippen molar-refractivity contribution in [2.75, 3.05) is 4.72 Å². The van der Waals surface area contributed by atoms with Gasteiger partial charge in [0.15, 0.2) is 0 Å². The zero-order valence-electron chi connectivity index (χ0n) is 14.6. The molecule has 5 nitrogen and oxygen atoms in total. The maximum Gasteiger partial charge on any atom is 0.261 e. The summed E-state index contributed by atoms with van der Waals surface area (Å²) in [4.78, 5) is 0.235. The first-order valence-corrected chi connectivity index (χ1v) is 9.39. The Kier molecular flexibility index (Phi) is 4.39. The average molecular weight is 356 g/mol. The molecule has 0 aliphatic rings. The predicted molar refractivity (Wildman–Crippen MR) is 98.1 cm³/mol. The first-order valence-electron chi connectivity index (χ1n) is 7.91. The Morgan fingerprint density at radius 1 is 0.920 bits per heavy atom. The molecule has 1 aromatic heterocycles. The van der Waals surface area contributed by atoms with Gasteiger partial charge in [0, 0.05) is 11.3 Å². The monoisotopic (exact) mass is 356 g/mol. The van der Waals surface area contributed by atoms with E-state index in [4.69, 9.17) is 4.52 Å². The number of sulfonamides is 1. The van der Waals surface area contributed by atoms with Crippen molar-refractivity contribution in [3.05, 3.63) is 65.0 Å². The molecule has 2 aromatic carbocycles. The van der Waals surface area contributed by atoms with Crippen molar-refractivity contribution in [1.29, 1.82) is 0 Å². The van der Waals surface area contributed by atoms with E-state index in [1.54, 1.807) is 36.4 Å². The van der Waals surface area contributed by atoms with Gasteiger partial charge in [0.05, 0.1) is 10.6 Å². The lowest BCUT2D eigenvalue weighted by molar-refractivity contribution is 0.393. The molecule has 0 amide bonds. The number of benzene rings is 2. The van der Waals surface area contributed by atoms with Crippen LogP contribution in [-0.4, -0.2) is 13.6 Å². The van der Waals surface area contributed by atoms with Gasteiger partial charge in [-0.25, -0.2) is 8.42 Å². The Labute approximate surface area is 147 Å². The standard InChI is InChI=1S/C19H20N2O3S/c1-12-5-7-18(8-6-12)25(22,23)21-17-10-13(2)9-16(11-17)19-14(3)20-24-15(19)4/h5-11,21H,1-4H3. The number of hydrogen-bond acceptors (Lipinski definition) is 4. The highest BCUT2D eigenvalue weighted by atomic mass is 32.2. The minimum Gasteiger partial charge on any atom is -0.361 e. The third kappa shape index (κ3) is 3.58. The van der Waals surface area contributed by atoms with Crippen LogP contribution in [-0.2, 0) is 10.0 Å². The highest BCUT2D eigenvalue weighted by molar-refractivity contribution is 7.92. The molecule has 1 heterocycles. The number of aromatic nitrogens is 1. The van der Waals surface area contributed by atoms with Crippen LogP contribution in [0.15, 0.2) is 51.9 Å². The molecule has 3 aromatic rings. The van der Waals surface area contributed by atoms with E-state index < -0.39 is 10.0 Å².